The summed E-state index contributed by atoms with van der Waals surface area (Å²) < 4.78 is 18.2. The molecule has 1 aromatic rings. The number of nitrogens with zero attached hydrogens (tertiary/aromatic N) is 2. The van der Waals surface area contributed by atoms with Gasteiger partial charge in [-0.1, -0.05) is 68.0 Å². The summed E-state index contributed by atoms with van der Waals surface area (Å²) in [7, 11) is 1.52. The van der Waals surface area contributed by atoms with Crippen LogP contribution in [0.1, 0.15) is 64.0 Å². The predicted octanol–water partition coefficient (Wildman–Crippen LogP) is 2.69. The quantitative estimate of drug-likeness (QED) is 0.227. The fourth-order valence-corrected chi connectivity index (χ4v) is 7.48. The Balaban J connectivity index is 1.59. The van der Waals surface area contributed by atoms with Crippen molar-refractivity contribution in [1.82, 2.24) is 15.1 Å². The van der Waals surface area contributed by atoms with Crippen LogP contribution in [-0.4, -0.2) is 102 Å². The molecule has 11 nitrogen and oxygen atoms in total. The number of esters is 1. The Morgan fingerprint density at radius 1 is 1.11 bits per heavy atom. The smallest absolute Gasteiger partial charge is 0.313 e. The highest BCUT2D eigenvalue weighted by Gasteiger charge is 2.73. The van der Waals surface area contributed by atoms with Crippen LogP contribution < -0.4 is 5.32 Å². The monoisotopic (exact) mass is 637 g/mol. The first-order chi connectivity index (χ1) is 22.3. The van der Waals surface area contributed by atoms with Crippen LogP contribution in [0, 0.1) is 11.8 Å². The molecule has 2 fully saturated rings. The number of likely N-dealkylation sites (tertiary alicyclic amines) is 1. The van der Waals surface area contributed by atoms with Crippen LogP contribution in [0.15, 0.2) is 54.6 Å². The largest absolute Gasteiger partial charge is 0.455 e. The average molecular weight is 638 g/mol. The van der Waals surface area contributed by atoms with Crippen LogP contribution in [0.3, 0.4) is 0 Å². The van der Waals surface area contributed by atoms with Crippen molar-refractivity contribution >= 4 is 23.7 Å². The molecule has 2 saturated heterocycles. The molecular weight excluding hydrogens is 590 g/mol. The standard InChI is InChI=1S/C35H47N3O8/c1-4-13-23(2)37-19-10-6-9-16-27(40)36-25(22-44-3)30(24-14-7-5-8-15-24)45-34(43)28-26-17-18-35(46-26)29(28)32(41)38(20-11-12-21-39)31(35)33(37)42/h5-8,10,14-15,17-18,23,25-26,28-31,39H,4,9,11-13,16,19-22H2,1-3H3,(H,36,40)/b10-6-/t23?,25-,26+,28-,29-,30-,31+,35-/m0/s1. The number of methoxy groups -OCH3 is 1. The van der Waals surface area contributed by atoms with Crippen molar-refractivity contribution < 1.29 is 38.5 Å². The first-order valence-corrected chi connectivity index (χ1v) is 16.5. The number of unbranched alkanes of at least 4 members (excludes halogenated alkanes) is 1. The zero-order chi connectivity index (χ0) is 32.8. The minimum Gasteiger partial charge on any atom is -0.455 e. The van der Waals surface area contributed by atoms with Crippen LogP contribution in [0.25, 0.3) is 0 Å². The van der Waals surface area contributed by atoms with Gasteiger partial charge in [-0.15, -0.1) is 0 Å². The van der Waals surface area contributed by atoms with Crippen LogP contribution in [0.5, 0.6) is 0 Å². The van der Waals surface area contributed by atoms with Gasteiger partial charge >= 0.3 is 5.97 Å². The van der Waals surface area contributed by atoms with Crippen LogP contribution in [-0.2, 0) is 33.4 Å². The lowest BCUT2D eigenvalue weighted by Crippen LogP contribution is -2.57. The number of hydrogen-bond acceptors (Lipinski definition) is 8. The third kappa shape index (κ3) is 6.50. The highest BCUT2D eigenvalue weighted by atomic mass is 16.6. The Labute approximate surface area is 270 Å². The minimum absolute atomic E-state index is 0.0346. The molecule has 0 aliphatic carbocycles. The molecule has 0 aromatic heterocycles. The van der Waals surface area contributed by atoms with Gasteiger partial charge in [0.05, 0.1) is 24.7 Å². The molecule has 1 aromatic carbocycles. The van der Waals surface area contributed by atoms with E-state index in [-0.39, 0.29) is 49.9 Å². The topological polar surface area (TPSA) is 135 Å². The predicted molar refractivity (Wildman–Crippen MR) is 169 cm³/mol. The lowest BCUT2D eigenvalue weighted by molar-refractivity contribution is -0.162. The number of hydrogen-bond donors (Lipinski definition) is 2. The summed E-state index contributed by atoms with van der Waals surface area (Å²) in [6, 6.07) is 7.36. The number of fused-ring (bicyclic) bond motifs is 2. The number of benzene rings is 1. The first-order valence-electron chi connectivity index (χ1n) is 16.5. The van der Waals surface area contributed by atoms with Crippen molar-refractivity contribution in [2.24, 2.45) is 11.8 Å². The molecule has 4 aliphatic heterocycles. The second-order valence-electron chi connectivity index (χ2n) is 12.7. The Hall–Kier alpha value is -3.54. The second-order valence-corrected chi connectivity index (χ2v) is 12.7. The van der Waals surface area contributed by atoms with Gasteiger partial charge in [-0.25, -0.2) is 0 Å². The SMILES string of the molecule is CCCC(C)N1C/C=C\CCC(=O)N[C@@H](COC)[C@H](c2ccccc2)OC(=O)[C@@H]2[C@H]3C(=O)N(CCCCO)[C@H](C1=O)[C@]31C=C[C@H]2O1. The van der Waals surface area contributed by atoms with E-state index in [4.69, 9.17) is 14.2 Å². The summed E-state index contributed by atoms with van der Waals surface area (Å²) in [5.41, 5.74) is -0.659. The van der Waals surface area contributed by atoms with Crippen molar-refractivity contribution in [2.45, 2.75) is 88.3 Å². The van der Waals surface area contributed by atoms with E-state index < -0.39 is 47.7 Å². The molecule has 4 aliphatic rings. The lowest BCUT2D eigenvalue weighted by Gasteiger charge is -2.38. The molecular formula is C35H47N3O8. The Morgan fingerprint density at radius 2 is 1.89 bits per heavy atom. The Bertz CT molecular complexity index is 1320. The molecule has 1 spiro atoms. The van der Waals surface area contributed by atoms with Crippen LogP contribution in [0.2, 0.25) is 0 Å². The summed E-state index contributed by atoms with van der Waals surface area (Å²) in [6.45, 7) is 4.66. The maximum absolute atomic E-state index is 14.7. The number of cyclic esters (lactones) is 1. The number of carbonyl (C=O) groups excluding carboxylic acids is 4. The number of amides is 3. The molecule has 4 heterocycles. The molecule has 5 bridgehead atoms. The third-order valence-corrected chi connectivity index (χ3v) is 9.64. The van der Waals surface area contributed by atoms with Gasteiger partial charge < -0.3 is 34.4 Å². The number of ether oxygens (including phenoxy) is 3. The van der Waals surface area contributed by atoms with Crippen molar-refractivity contribution in [3.05, 3.63) is 60.2 Å². The van der Waals surface area contributed by atoms with Gasteiger partial charge in [-0.3, -0.25) is 19.2 Å². The second kappa shape index (κ2) is 14.9. The number of nitrogens with one attached hydrogen (secondary N) is 1. The molecule has 0 saturated carbocycles. The molecule has 46 heavy (non-hydrogen) atoms. The van der Waals surface area contributed by atoms with Gasteiger partial charge in [0.25, 0.3) is 0 Å². The van der Waals surface area contributed by atoms with E-state index in [1.165, 1.54) is 7.11 Å². The highest BCUT2D eigenvalue weighted by molar-refractivity contribution is 5.99. The molecule has 1 unspecified atom stereocenters. The van der Waals surface area contributed by atoms with E-state index in [1.54, 1.807) is 22.0 Å². The van der Waals surface area contributed by atoms with Crippen molar-refractivity contribution in [2.75, 3.05) is 33.4 Å². The number of aliphatic hydroxyl groups is 1. The minimum atomic E-state index is -1.33. The summed E-state index contributed by atoms with van der Waals surface area (Å²) in [5.74, 6) is -3.38. The first kappa shape index (κ1) is 33.8. The van der Waals surface area contributed by atoms with Crippen molar-refractivity contribution in [3.63, 3.8) is 0 Å². The fourth-order valence-electron chi connectivity index (χ4n) is 7.48. The molecule has 5 rings (SSSR count). The van der Waals surface area contributed by atoms with Crippen LogP contribution in [0.4, 0.5) is 0 Å². The van der Waals surface area contributed by atoms with E-state index in [2.05, 4.69) is 12.2 Å². The van der Waals surface area contributed by atoms with E-state index in [9.17, 15) is 24.3 Å². The lowest BCUT2D eigenvalue weighted by atomic mass is 9.74. The molecule has 8 atom stereocenters. The van der Waals surface area contributed by atoms with Gasteiger partial charge in [0, 0.05) is 39.3 Å². The number of rotatable bonds is 10. The molecule has 2 N–H and O–H groups in total. The number of carbonyl (C=O) groups is 4. The fraction of sp³-hybridized carbons (Fsp3) is 0.600. The van der Waals surface area contributed by atoms with Gasteiger partial charge in [-0.05, 0) is 38.2 Å². The van der Waals surface area contributed by atoms with Gasteiger partial charge in [-0.2, -0.15) is 0 Å². The van der Waals surface area contributed by atoms with E-state index >= 15 is 0 Å². The van der Waals surface area contributed by atoms with E-state index in [1.807, 2.05) is 49.4 Å². The zero-order valence-corrected chi connectivity index (χ0v) is 27.0. The Morgan fingerprint density at radius 3 is 2.61 bits per heavy atom. The molecule has 3 amide bonds. The summed E-state index contributed by atoms with van der Waals surface area (Å²) in [4.78, 5) is 59.7. The van der Waals surface area contributed by atoms with E-state index in [0.29, 0.717) is 31.4 Å². The number of aliphatic hydroxyl groups excluding tert-OH is 1. The highest BCUT2D eigenvalue weighted by Crippen LogP contribution is 2.56. The number of allylic oxidation sites excluding steroid dienone is 1. The van der Waals surface area contributed by atoms with Gasteiger partial charge in [0.2, 0.25) is 17.7 Å². The molecule has 0 radical (unpaired) electrons. The summed E-state index contributed by atoms with van der Waals surface area (Å²) in [6.07, 6.45) is 8.96. The average Bonchev–Trinajstić information content (AvgIpc) is 3.68. The van der Waals surface area contributed by atoms with Gasteiger partial charge in [0.1, 0.15) is 23.7 Å². The Kier molecular flexibility index (Phi) is 11.0. The molecule has 250 valence electrons. The van der Waals surface area contributed by atoms with Crippen molar-refractivity contribution in [3.8, 4) is 0 Å². The van der Waals surface area contributed by atoms with Crippen LogP contribution >= 0.6 is 0 Å². The van der Waals surface area contributed by atoms with Gasteiger partial charge in [0.15, 0.2) is 0 Å². The normalized spacial score (nSPS) is 32.8. The maximum atomic E-state index is 14.7. The summed E-state index contributed by atoms with van der Waals surface area (Å²) >= 11 is 0. The maximum Gasteiger partial charge on any atom is 0.313 e. The third-order valence-electron chi connectivity index (χ3n) is 9.64. The zero-order valence-electron chi connectivity index (χ0n) is 27.0. The molecule has 11 heteroatoms. The van der Waals surface area contributed by atoms with Crippen molar-refractivity contribution in [1.29, 1.82) is 0 Å². The summed E-state index contributed by atoms with van der Waals surface area (Å²) in [5, 5.41) is 12.5. The van der Waals surface area contributed by atoms with E-state index in [0.717, 1.165) is 12.8 Å².